The third kappa shape index (κ3) is 7.87. The van der Waals surface area contributed by atoms with Crippen LogP contribution < -0.4 is 0 Å². The fourth-order valence-electron chi connectivity index (χ4n) is 0.936. The number of esters is 2. The number of ether oxygens (including phenoxy) is 2. The molecule has 8 nitrogen and oxygen atoms in total. The van der Waals surface area contributed by atoms with E-state index in [1.807, 2.05) is 0 Å². The van der Waals surface area contributed by atoms with E-state index in [0.29, 0.717) is 0 Å². The molecule has 1 atom stereocenters. The largest absolute Gasteiger partial charge is 0.470 e. The maximum Gasteiger partial charge on any atom is 0.470 e. The van der Waals surface area contributed by atoms with E-state index in [0.717, 1.165) is 0 Å². The van der Waals surface area contributed by atoms with Crippen molar-refractivity contribution in [3.8, 4) is 0 Å². The Hall–Kier alpha value is -0.950. The average molecular weight is 270 g/mol. The van der Waals surface area contributed by atoms with E-state index in [2.05, 4.69) is 14.0 Å². The van der Waals surface area contributed by atoms with Crippen LogP contribution in [0.15, 0.2) is 0 Å². The van der Waals surface area contributed by atoms with Crippen LogP contribution in [0.2, 0.25) is 0 Å². The number of carbonyl (C=O) groups is 2. The summed E-state index contributed by atoms with van der Waals surface area (Å²) in [4.78, 5) is 39.5. The summed E-state index contributed by atoms with van der Waals surface area (Å²) in [6.07, 6.45) is -2.28. The van der Waals surface area contributed by atoms with E-state index < -0.39 is 32.3 Å². The first-order chi connectivity index (χ1) is 7.80. The summed E-state index contributed by atoms with van der Waals surface area (Å²) in [5, 5.41) is 0. The van der Waals surface area contributed by atoms with Gasteiger partial charge in [0.2, 0.25) is 0 Å². The summed E-state index contributed by atoms with van der Waals surface area (Å²) in [7, 11) is -4.88. The summed E-state index contributed by atoms with van der Waals surface area (Å²) in [5.74, 6) is -1.83. The van der Waals surface area contributed by atoms with E-state index in [4.69, 9.17) is 9.79 Å². The molecule has 0 aromatic carbocycles. The molecule has 0 aliphatic rings. The summed E-state index contributed by atoms with van der Waals surface area (Å²) in [6.45, 7) is 3.16. The van der Waals surface area contributed by atoms with E-state index in [-0.39, 0.29) is 13.2 Å². The van der Waals surface area contributed by atoms with Gasteiger partial charge in [0.15, 0.2) is 6.10 Å². The van der Waals surface area contributed by atoms with Crippen LogP contribution in [0.5, 0.6) is 0 Å². The summed E-state index contributed by atoms with van der Waals surface area (Å²) < 4.78 is 23.8. The van der Waals surface area contributed by atoms with Crippen molar-refractivity contribution in [3.05, 3.63) is 0 Å². The minimum absolute atomic E-state index is 0.00266. The third-order valence-electron chi connectivity index (χ3n) is 1.47. The molecule has 0 aromatic heterocycles. The Morgan fingerprint density at radius 1 is 1.18 bits per heavy atom. The van der Waals surface area contributed by atoms with Gasteiger partial charge in [-0.05, 0) is 13.8 Å². The molecule has 9 heteroatoms. The molecule has 0 rings (SSSR count). The second-order valence-corrected chi connectivity index (χ2v) is 4.04. The topological polar surface area (TPSA) is 119 Å². The second kappa shape index (κ2) is 7.39. The normalized spacial score (nSPS) is 12.9. The highest BCUT2D eigenvalue weighted by atomic mass is 31.2. The lowest BCUT2D eigenvalue weighted by atomic mass is 10.2. The first kappa shape index (κ1) is 16.1. The highest BCUT2D eigenvalue weighted by Crippen LogP contribution is 2.38. The van der Waals surface area contributed by atoms with Gasteiger partial charge in [-0.1, -0.05) is 0 Å². The summed E-state index contributed by atoms with van der Waals surface area (Å²) in [5.41, 5.74) is 0. The molecule has 2 N–H and O–H groups in total. The van der Waals surface area contributed by atoms with Crippen molar-refractivity contribution in [1.82, 2.24) is 0 Å². The van der Waals surface area contributed by atoms with Crippen LogP contribution in [0, 0.1) is 0 Å². The number of hydrogen-bond acceptors (Lipinski definition) is 6. The summed E-state index contributed by atoms with van der Waals surface area (Å²) in [6, 6.07) is 0. The average Bonchev–Trinajstić information content (AvgIpc) is 2.15. The molecule has 0 aromatic rings. The molecule has 100 valence electrons. The van der Waals surface area contributed by atoms with Gasteiger partial charge in [0.05, 0.1) is 19.6 Å². The standard InChI is InChI=1S/C8H15O8P/c1-3-14-7(9)5-6(8(10)15-4-2)16-17(11,12)13/h6H,3-5H2,1-2H3,(H2,11,12,13). The Morgan fingerprint density at radius 3 is 2.12 bits per heavy atom. The fraction of sp³-hybridized carbons (Fsp3) is 0.750. The van der Waals surface area contributed by atoms with E-state index in [1.165, 1.54) is 6.92 Å². The zero-order valence-corrected chi connectivity index (χ0v) is 10.4. The van der Waals surface area contributed by atoms with Crippen LogP contribution in [-0.2, 0) is 28.2 Å². The number of phosphoric acid groups is 1. The molecule has 0 saturated carbocycles. The molecule has 0 amide bonds. The van der Waals surface area contributed by atoms with Gasteiger partial charge in [-0.25, -0.2) is 9.36 Å². The lowest BCUT2D eigenvalue weighted by Gasteiger charge is -2.15. The van der Waals surface area contributed by atoms with Crippen LogP contribution in [-0.4, -0.2) is 41.0 Å². The van der Waals surface area contributed by atoms with Gasteiger partial charge in [-0.15, -0.1) is 0 Å². The highest BCUT2D eigenvalue weighted by molar-refractivity contribution is 7.46. The van der Waals surface area contributed by atoms with Crippen LogP contribution in [0.3, 0.4) is 0 Å². The highest BCUT2D eigenvalue weighted by Gasteiger charge is 2.31. The number of phosphoric ester groups is 1. The maximum atomic E-state index is 11.3. The van der Waals surface area contributed by atoms with E-state index in [9.17, 15) is 14.2 Å². The first-order valence-electron chi connectivity index (χ1n) is 4.86. The predicted molar refractivity (Wildman–Crippen MR) is 54.8 cm³/mol. The van der Waals surface area contributed by atoms with E-state index in [1.54, 1.807) is 6.92 Å². The van der Waals surface area contributed by atoms with Crippen LogP contribution in [0.1, 0.15) is 20.3 Å². The van der Waals surface area contributed by atoms with Gasteiger partial charge in [-0.2, -0.15) is 0 Å². The van der Waals surface area contributed by atoms with Gasteiger partial charge in [0.1, 0.15) is 0 Å². The van der Waals surface area contributed by atoms with Gasteiger partial charge in [-0.3, -0.25) is 9.32 Å². The first-order valence-corrected chi connectivity index (χ1v) is 6.39. The Morgan fingerprint density at radius 2 is 1.71 bits per heavy atom. The molecule has 0 aliphatic heterocycles. The Balaban J connectivity index is 4.56. The molecular formula is C8H15O8P. The molecule has 17 heavy (non-hydrogen) atoms. The molecule has 0 fully saturated rings. The van der Waals surface area contributed by atoms with Crippen LogP contribution >= 0.6 is 7.82 Å². The minimum Gasteiger partial charge on any atom is -0.466 e. The van der Waals surface area contributed by atoms with Crippen molar-refractivity contribution in [1.29, 1.82) is 0 Å². The minimum atomic E-state index is -4.88. The SMILES string of the molecule is CCOC(=O)CC(OP(=O)(O)O)C(=O)OCC. The molecule has 0 spiro atoms. The number of hydrogen-bond donors (Lipinski definition) is 2. The predicted octanol–water partition coefficient (Wildman–Crippen LogP) is -0.0194. The van der Waals surface area contributed by atoms with Crippen molar-refractivity contribution < 1.29 is 37.9 Å². The van der Waals surface area contributed by atoms with Crippen molar-refractivity contribution >= 4 is 19.8 Å². The van der Waals surface area contributed by atoms with Crippen molar-refractivity contribution in [2.45, 2.75) is 26.4 Å². The molecule has 1 unspecified atom stereocenters. The van der Waals surface area contributed by atoms with Gasteiger partial charge < -0.3 is 19.3 Å². The van der Waals surface area contributed by atoms with Crippen molar-refractivity contribution in [3.63, 3.8) is 0 Å². The lowest BCUT2D eigenvalue weighted by molar-refractivity contribution is -0.158. The Kier molecular flexibility index (Phi) is 6.98. The van der Waals surface area contributed by atoms with Crippen molar-refractivity contribution in [2.75, 3.05) is 13.2 Å². The Bertz CT molecular complexity index is 309. The van der Waals surface area contributed by atoms with Crippen LogP contribution in [0.25, 0.3) is 0 Å². The molecule has 0 radical (unpaired) electrons. The quantitative estimate of drug-likeness (QED) is 0.489. The summed E-state index contributed by atoms with van der Waals surface area (Å²) >= 11 is 0. The lowest BCUT2D eigenvalue weighted by Crippen LogP contribution is -2.29. The number of rotatable bonds is 7. The molecule has 0 saturated heterocycles. The second-order valence-electron chi connectivity index (χ2n) is 2.85. The van der Waals surface area contributed by atoms with Crippen molar-refractivity contribution in [2.24, 2.45) is 0 Å². The molecule has 0 aliphatic carbocycles. The molecule has 0 heterocycles. The van der Waals surface area contributed by atoms with Crippen LogP contribution in [0.4, 0.5) is 0 Å². The zero-order chi connectivity index (χ0) is 13.5. The smallest absolute Gasteiger partial charge is 0.466 e. The maximum absolute atomic E-state index is 11.3. The number of carbonyl (C=O) groups excluding carboxylic acids is 2. The monoisotopic (exact) mass is 270 g/mol. The van der Waals surface area contributed by atoms with Gasteiger partial charge in [0.25, 0.3) is 0 Å². The fourth-order valence-corrected chi connectivity index (χ4v) is 1.43. The molecule has 0 bridgehead atoms. The van der Waals surface area contributed by atoms with E-state index >= 15 is 0 Å². The van der Waals surface area contributed by atoms with Gasteiger partial charge >= 0.3 is 19.8 Å². The molecular weight excluding hydrogens is 255 g/mol. The Labute approximate surface area is 98.1 Å². The zero-order valence-electron chi connectivity index (χ0n) is 9.49. The van der Waals surface area contributed by atoms with Gasteiger partial charge in [0, 0.05) is 0 Å². The third-order valence-corrected chi connectivity index (χ3v) is 2.00.